The fourth-order valence-electron chi connectivity index (χ4n) is 1.46. The van der Waals surface area contributed by atoms with E-state index in [9.17, 15) is 18.0 Å². The first-order valence-electron chi connectivity index (χ1n) is 4.45. The number of carbonyl (C=O) groups excluding carboxylic acids is 1. The standard InChI is InChI=1S/C10H7F3N2O/c1-5(16)6-3-14-8-2-9(10(11,12)13)15-4-7(6)8/h2-4,14H,1H3. The van der Waals surface area contributed by atoms with Crippen molar-refractivity contribution in [2.45, 2.75) is 13.1 Å². The number of ketones is 1. The summed E-state index contributed by atoms with van der Waals surface area (Å²) in [5.41, 5.74) is -0.374. The van der Waals surface area contributed by atoms with Gasteiger partial charge in [0.15, 0.2) is 5.78 Å². The summed E-state index contributed by atoms with van der Waals surface area (Å²) in [5.74, 6) is -0.215. The minimum Gasteiger partial charge on any atom is -0.360 e. The number of Topliss-reactive ketones (excluding diaryl/α,β-unsaturated/α-hetero) is 1. The molecule has 2 aromatic heterocycles. The van der Waals surface area contributed by atoms with E-state index in [1.165, 1.54) is 13.1 Å². The Bertz CT molecular complexity index is 557. The minimum absolute atomic E-state index is 0.215. The van der Waals surface area contributed by atoms with E-state index >= 15 is 0 Å². The van der Waals surface area contributed by atoms with Gasteiger partial charge in [-0.3, -0.25) is 9.78 Å². The van der Waals surface area contributed by atoms with Gasteiger partial charge in [-0.25, -0.2) is 0 Å². The third-order valence-electron chi connectivity index (χ3n) is 2.24. The van der Waals surface area contributed by atoms with Crippen LogP contribution in [0.3, 0.4) is 0 Å². The molecule has 0 atom stereocenters. The van der Waals surface area contributed by atoms with Crippen LogP contribution in [-0.4, -0.2) is 15.8 Å². The van der Waals surface area contributed by atoms with Gasteiger partial charge in [0, 0.05) is 28.9 Å². The van der Waals surface area contributed by atoms with E-state index in [4.69, 9.17) is 0 Å². The molecule has 0 aliphatic carbocycles. The van der Waals surface area contributed by atoms with Crippen molar-refractivity contribution in [1.82, 2.24) is 9.97 Å². The quantitative estimate of drug-likeness (QED) is 0.763. The number of aromatic amines is 1. The van der Waals surface area contributed by atoms with Crippen molar-refractivity contribution in [3.8, 4) is 0 Å². The molecule has 0 aromatic carbocycles. The number of hydrogen-bond donors (Lipinski definition) is 1. The molecule has 0 spiro atoms. The molecule has 0 amide bonds. The first kappa shape index (κ1) is 10.7. The topological polar surface area (TPSA) is 45.8 Å². The third kappa shape index (κ3) is 1.66. The number of rotatable bonds is 1. The number of nitrogens with zero attached hydrogens (tertiary/aromatic N) is 1. The van der Waals surface area contributed by atoms with Crippen molar-refractivity contribution >= 4 is 16.7 Å². The van der Waals surface area contributed by atoms with Crippen LogP contribution in [0, 0.1) is 0 Å². The van der Waals surface area contributed by atoms with Crippen LogP contribution in [-0.2, 0) is 6.18 Å². The molecule has 0 aliphatic heterocycles. The van der Waals surface area contributed by atoms with Gasteiger partial charge in [0.2, 0.25) is 0 Å². The molecule has 0 radical (unpaired) electrons. The predicted molar refractivity (Wildman–Crippen MR) is 51.1 cm³/mol. The maximum absolute atomic E-state index is 12.3. The molecule has 0 unspecified atom stereocenters. The number of hydrogen-bond acceptors (Lipinski definition) is 2. The molecule has 0 aliphatic rings. The van der Waals surface area contributed by atoms with Gasteiger partial charge in [-0.15, -0.1) is 0 Å². The SMILES string of the molecule is CC(=O)c1c[nH]c2cc(C(F)(F)F)ncc12. The van der Waals surface area contributed by atoms with Gasteiger partial charge in [-0.2, -0.15) is 13.2 Å². The fraction of sp³-hybridized carbons (Fsp3) is 0.200. The molecule has 6 heteroatoms. The highest BCUT2D eigenvalue weighted by Gasteiger charge is 2.32. The van der Waals surface area contributed by atoms with Crippen LogP contribution in [0.1, 0.15) is 23.0 Å². The summed E-state index contributed by atoms with van der Waals surface area (Å²) in [7, 11) is 0. The van der Waals surface area contributed by atoms with Gasteiger partial charge in [0.25, 0.3) is 0 Å². The van der Waals surface area contributed by atoms with Crippen LogP contribution in [0.5, 0.6) is 0 Å². The Hall–Kier alpha value is -1.85. The zero-order valence-electron chi connectivity index (χ0n) is 8.22. The van der Waals surface area contributed by atoms with Crippen LogP contribution in [0.4, 0.5) is 13.2 Å². The Kier molecular flexibility index (Phi) is 2.22. The number of halogens is 3. The van der Waals surface area contributed by atoms with Crippen LogP contribution in [0.25, 0.3) is 10.9 Å². The summed E-state index contributed by atoms with van der Waals surface area (Å²) < 4.78 is 37.0. The van der Waals surface area contributed by atoms with Crippen molar-refractivity contribution in [2.24, 2.45) is 0 Å². The monoisotopic (exact) mass is 228 g/mol. The molecule has 0 fully saturated rings. The van der Waals surface area contributed by atoms with Crippen molar-refractivity contribution in [1.29, 1.82) is 0 Å². The second kappa shape index (κ2) is 3.33. The largest absolute Gasteiger partial charge is 0.433 e. The molecule has 3 nitrogen and oxygen atoms in total. The van der Waals surface area contributed by atoms with E-state index in [0.29, 0.717) is 10.9 Å². The highest BCUT2D eigenvalue weighted by Crippen LogP contribution is 2.29. The maximum atomic E-state index is 12.3. The van der Waals surface area contributed by atoms with E-state index in [0.717, 1.165) is 12.3 Å². The Morgan fingerprint density at radius 1 is 1.44 bits per heavy atom. The average Bonchev–Trinajstić information content (AvgIpc) is 2.58. The first-order valence-corrected chi connectivity index (χ1v) is 4.45. The lowest BCUT2D eigenvalue weighted by atomic mass is 10.1. The molecule has 2 heterocycles. The fourth-order valence-corrected chi connectivity index (χ4v) is 1.46. The lowest BCUT2D eigenvalue weighted by Crippen LogP contribution is -2.07. The first-order chi connectivity index (χ1) is 7.39. The molecule has 2 aromatic rings. The second-order valence-corrected chi connectivity index (χ2v) is 3.37. The van der Waals surface area contributed by atoms with Crippen LogP contribution < -0.4 is 0 Å². The van der Waals surface area contributed by atoms with E-state index in [1.54, 1.807) is 0 Å². The van der Waals surface area contributed by atoms with Gasteiger partial charge < -0.3 is 4.98 Å². The Labute approximate surface area is 88.3 Å². The molecule has 0 bridgehead atoms. The number of nitrogens with one attached hydrogen (secondary N) is 1. The molecule has 2 rings (SSSR count). The summed E-state index contributed by atoms with van der Waals surface area (Å²) >= 11 is 0. The number of alkyl halides is 3. The minimum atomic E-state index is -4.48. The van der Waals surface area contributed by atoms with E-state index in [1.807, 2.05) is 0 Å². The van der Waals surface area contributed by atoms with Crippen LogP contribution in [0.15, 0.2) is 18.5 Å². The van der Waals surface area contributed by atoms with Crippen molar-refractivity contribution < 1.29 is 18.0 Å². The van der Waals surface area contributed by atoms with E-state index in [2.05, 4.69) is 9.97 Å². The lowest BCUT2D eigenvalue weighted by molar-refractivity contribution is -0.141. The van der Waals surface area contributed by atoms with Gasteiger partial charge in [0.1, 0.15) is 5.69 Å². The molecule has 84 valence electrons. The third-order valence-corrected chi connectivity index (χ3v) is 2.24. The summed E-state index contributed by atoms with van der Waals surface area (Å²) in [5, 5.41) is 0.403. The van der Waals surface area contributed by atoms with E-state index in [-0.39, 0.29) is 11.3 Å². The highest BCUT2D eigenvalue weighted by molar-refractivity contribution is 6.06. The average molecular weight is 228 g/mol. The Morgan fingerprint density at radius 3 is 2.69 bits per heavy atom. The van der Waals surface area contributed by atoms with Crippen LogP contribution >= 0.6 is 0 Å². The lowest BCUT2D eigenvalue weighted by Gasteiger charge is -2.04. The maximum Gasteiger partial charge on any atom is 0.433 e. The molecule has 16 heavy (non-hydrogen) atoms. The predicted octanol–water partition coefficient (Wildman–Crippen LogP) is 2.78. The van der Waals surface area contributed by atoms with Crippen LogP contribution in [0.2, 0.25) is 0 Å². The van der Waals surface area contributed by atoms with Crippen molar-refractivity contribution in [3.63, 3.8) is 0 Å². The van der Waals surface area contributed by atoms with Gasteiger partial charge in [-0.1, -0.05) is 0 Å². The molecular weight excluding hydrogens is 221 g/mol. The number of carbonyl (C=O) groups is 1. The Morgan fingerprint density at radius 2 is 2.12 bits per heavy atom. The van der Waals surface area contributed by atoms with Crippen molar-refractivity contribution in [2.75, 3.05) is 0 Å². The molecule has 0 saturated carbocycles. The summed E-state index contributed by atoms with van der Waals surface area (Å²) in [6, 6.07) is 0.891. The van der Waals surface area contributed by atoms with E-state index < -0.39 is 11.9 Å². The molecule has 1 N–H and O–H groups in total. The van der Waals surface area contributed by atoms with Crippen molar-refractivity contribution in [3.05, 3.63) is 29.7 Å². The summed E-state index contributed by atoms with van der Waals surface area (Å²) in [4.78, 5) is 17.0. The van der Waals surface area contributed by atoms with Gasteiger partial charge in [0.05, 0.1) is 0 Å². The van der Waals surface area contributed by atoms with Gasteiger partial charge >= 0.3 is 6.18 Å². The summed E-state index contributed by atoms with van der Waals surface area (Å²) in [6.07, 6.45) is -2.03. The second-order valence-electron chi connectivity index (χ2n) is 3.37. The molecule has 0 saturated heterocycles. The number of H-pyrrole nitrogens is 1. The number of fused-ring (bicyclic) bond motifs is 1. The number of aromatic nitrogens is 2. The smallest absolute Gasteiger partial charge is 0.360 e. The Balaban J connectivity index is 2.62. The zero-order chi connectivity index (χ0) is 11.9. The molecular formula is C10H7F3N2O. The van der Waals surface area contributed by atoms with Gasteiger partial charge in [-0.05, 0) is 13.0 Å². The summed E-state index contributed by atoms with van der Waals surface area (Å²) in [6.45, 7) is 1.35. The normalized spacial score (nSPS) is 12.0. The zero-order valence-corrected chi connectivity index (χ0v) is 8.22. The highest BCUT2D eigenvalue weighted by atomic mass is 19.4. The number of pyridine rings is 1.